The first-order valence-electron chi connectivity index (χ1n) is 13.3. The Morgan fingerprint density at radius 3 is 2.31 bits per heavy atom. The van der Waals surface area contributed by atoms with Crippen molar-refractivity contribution in [2.75, 3.05) is 27.4 Å². The first-order chi connectivity index (χ1) is 17.2. The SMILES string of the molecule is CCCCCCCCCc1c2[n+](cc3c(OC)c(OC)ccc13)CCc1cc3c(cc1-2)OCCO3.[Cl-]. The molecule has 0 radical (unpaired) electrons. The van der Waals surface area contributed by atoms with Crippen LogP contribution < -0.4 is 35.9 Å². The first-order valence-corrected chi connectivity index (χ1v) is 13.3. The van der Waals surface area contributed by atoms with Crippen LogP contribution in [0.15, 0.2) is 30.5 Å². The number of benzene rings is 2. The molecule has 0 fully saturated rings. The maximum atomic E-state index is 5.97. The monoisotopic (exact) mass is 511 g/mol. The third-order valence-electron chi connectivity index (χ3n) is 7.44. The Morgan fingerprint density at radius 2 is 1.58 bits per heavy atom. The molecule has 0 bridgehead atoms. The van der Waals surface area contributed by atoms with Crippen molar-refractivity contribution in [3.05, 3.63) is 41.6 Å². The standard InChI is InChI=1S/C30H38NO4.ClH/c1-4-5-6-7-8-9-10-11-23-22-12-13-26(32-2)30(33-3)25(22)20-31-15-14-21-18-27-28(35-17-16-34-27)19-24(21)29(23)31;/h12-13,18-20H,4-11,14-17H2,1-3H3;1H/q+1;/p-1. The lowest BCUT2D eigenvalue weighted by Crippen LogP contribution is -3.00. The van der Waals surface area contributed by atoms with Crippen LogP contribution in [-0.4, -0.2) is 27.4 Å². The Kier molecular flexibility index (Phi) is 8.84. The molecule has 3 heterocycles. The Labute approximate surface area is 221 Å². The number of pyridine rings is 1. The molecule has 0 spiro atoms. The number of fused-ring (bicyclic) bond motifs is 5. The molecule has 5 nitrogen and oxygen atoms in total. The summed E-state index contributed by atoms with van der Waals surface area (Å²) >= 11 is 0. The van der Waals surface area contributed by atoms with E-state index in [1.165, 1.54) is 72.7 Å². The number of nitrogens with zero attached hydrogens (tertiary/aromatic N) is 1. The highest BCUT2D eigenvalue weighted by molar-refractivity contribution is 5.95. The van der Waals surface area contributed by atoms with Crippen LogP contribution in [0.3, 0.4) is 0 Å². The average molecular weight is 512 g/mol. The van der Waals surface area contributed by atoms with Gasteiger partial charge >= 0.3 is 0 Å². The average Bonchev–Trinajstić information content (AvgIpc) is 2.90. The van der Waals surface area contributed by atoms with Gasteiger partial charge in [-0.1, -0.05) is 45.4 Å². The maximum Gasteiger partial charge on any atom is 0.216 e. The van der Waals surface area contributed by atoms with E-state index in [0.29, 0.717) is 13.2 Å². The van der Waals surface area contributed by atoms with Crippen LogP contribution in [0, 0.1) is 0 Å². The molecule has 36 heavy (non-hydrogen) atoms. The zero-order valence-corrected chi connectivity index (χ0v) is 22.6. The minimum Gasteiger partial charge on any atom is -1.00 e. The van der Waals surface area contributed by atoms with Crippen LogP contribution in [0.1, 0.15) is 63.0 Å². The molecule has 194 valence electrons. The number of hydrogen-bond acceptors (Lipinski definition) is 4. The van der Waals surface area contributed by atoms with Crippen LogP contribution >= 0.6 is 0 Å². The van der Waals surface area contributed by atoms with Crippen LogP contribution in [0.2, 0.25) is 0 Å². The van der Waals surface area contributed by atoms with E-state index in [9.17, 15) is 0 Å². The molecule has 2 aliphatic rings. The van der Waals surface area contributed by atoms with Crippen molar-refractivity contribution in [3.8, 4) is 34.3 Å². The zero-order chi connectivity index (χ0) is 24.2. The Balaban J connectivity index is 0.00000304. The number of aromatic nitrogens is 1. The third-order valence-corrected chi connectivity index (χ3v) is 7.44. The summed E-state index contributed by atoms with van der Waals surface area (Å²) in [6, 6.07) is 8.65. The van der Waals surface area contributed by atoms with E-state index in [0.717, 1.165) is 47.8 Å². The first kappa shape index (κ1) is 26.4. The van der Waals surface area contributed by atoms with E-state index in [-0.39, 0.29) is 12.4 Å². The smallest absolute Gasteiger partial charge is 0.216 e. The second kappa shape index (κ2) is 12.1. The predicted molar refractivity (Wildman–Crippen MR) is 139 cm³/mol. The van der Waals surface area contributed by atoms with Crippen LogP contribution in [0.5, 0.6) is 23.0 Å². The van der Waals surface area contributed by atoms with Crippen molar-refractivity contribution in [1.29, 1.82) is 0 Å². The molecule has 2 aromatic carbocycles. The van der Waals surface area contributed by atoms with E-state index in [1.54, 1.807) is 14.2 Å². The molecule has 0 unspecified atom stereocenters. The summed E-state index contributed by atoms with van der Waals surface area (Å²) < 4.78 is 25.8. The van der Waals surface area contributed by atoms with Gasteiger partial charge in [-0.3, -0.25) is 0 Å². The molecule has 0 aliphatic carbocycles. The zero-order valence-electron chi connectivity index (χ0n) is 21.8. The van der Waals surface area contributed by atoms with Gasteiger partial charge in [0.2, 0.25) is 5.69 Å². The molecule has 0 N–H and O–H groups in total. The fourth-order valence-corrected chi connectivity index (χ4v) is 5.67. The predicted octanol–water partition coefficient (Wildman–Crippen LogP) is 3.44. The second-order valence-electron chi connectivity index (χ2n) is 9.69. The fourth-order valence-electron chi connectivity index (χ4n) is 5.67. The van der Waals surface area contributed by atoms with Gasteiger partial charge in [-0.2, -0.15) is 4.57 Å². The summed E-state index contributed by atoms with van der Waals surface area (Å²) in [7, 11) is 3.44. The molecule has 5 rings (SSSR count). The summed E-state index contributed by atoms with van der Waals surface area (Å²) in [5.74, 6) is 3.33. The highest BCUT2D eigenvalue weighted by atomic mass is 35.5. The largest absolute Gasteiger partial charge is 1.00 e. The highest BCUT2D eigenvalue weighted by Gasteiger charge is 2.31. The van der Waals surface area contributed by atoms with Gasteiger partial charge in [0.05, 0.1) is 25.2 Å². The van der Waals surface area contributed by atoms with Gasteiger partial charge in [0, 0.05) is 17.4 Å². The summed E-state index contributed by atoms with van der Waals surface area (Å²) in [4.78, 5) is 0. The number of unbranched alkanes of at least 4 members (excludes halogenated alkanes) is 6. The van der Waals surface area contributed by atoms with Gasteiger partial charge in [-0.15, -0.1) is 0 Å². The van der Waals surface area contributed by atoms with Gasteiger partial charge in [0.1, 0.15) is 13.2 Å². The van der Waals surface area contributed by atoms with E-state index in [4.69, 9.17) is 18.9 Å². The highest BCUT2D eigenvalue weighted by Crippen LogP contribution is 2.43. The van der Waals surface area contributed by atoms with Crippen molar-refractivity contribution in [3.63, 3.8) is 0 Å². The van der Waals surface area contributed by atoms with Crippen LogP contribution in [-0.2, 0) is 19.4 Å². The lowest BCUT2D eigenvalue weighted by molar-refractivity contribution is -0.686. The Bertz CT molecular complexity index is 1210. The number of ether oxygens (including phenoxy) is 4. The summed E-state index contributed by atoms with van der Waals surface area (Å²) in [6.07, 6.45) is 13.4. The molecule has 6 heteroatoms. The van der Waals surface area contributed by atoms with Crippen molar-refractivity contribution >= 4 is 10.8 Å². The van der Waals surface area contributed by atoms with Crippen molar-refractivity contribution in [1.82, 2.24) is 0 Å². The summed E-state index contributed by atoms with van der Waals surface area (Å²) in [5.41, 5.74) is 5.33. The normalized spacial score (nSPS) is 13.5. The van der Waals surface area contributed by atoms with Crippen molar-refractivity contribution in [2.24, 2.45) is 0 Å². The lowest BCUT2D eigenvalue weighted by atomic mass is 9.89. The van der Waals surface area contributed by atoms with Crippen LogP contribution in [0.25, 0.3) is 22.0 Å². The molecule has 2 aliphatic heterocycles. The van der Waals surface area contributed by atoms with E-state index < -0.39 is 0 Å². The van der Waals surface area contributed by atoms with E-state index in [1.807, 2.05) is 6.07 Å². The molecular formula is C30H38ClNO4. The maximum absolute atomic E-state index is 5.97. The van der Waals surface area contributed by atoms with Gasteiger partial charge in [-0.05, 0) is 42.7 Å². The molecule has 0 amide bonds. The molecule has 0 saturated heterocycles. The molecule has 3 aromatic rings. The number of rotatable bonds is 10. The Morgan fingerprint density at radius 1 is 0.861 bits per heavy atom. The van der Waals surface area contributed by atoms with Crippen molar-refractivity contribution in [2.45, 2.75) is 71.3 Å². The van der Waals surface area contributed by atoms with E-state index >= 15 is 0 Å². The lowest BCUT2D eigenvalue weighted by Gasteiger charge is -2.24. The molecule has 0 saturated carbocycles. The van der Waals surface area contributed by atoms with Gasteiger partial charge in [0.25, 0.3) is 0 Å². The van der Waals surface area contributed by atoms with E-state index in [2.05, 4.69) is 35.9 Å². The molecule has 1 aromatic heterocycles. The van der Waals surface area contributed by atoms with Crippen molar-refractivity contribution < 1.29 is 35.9 Å². The summed E-state index contributed by atoms with van der Waals surface area (Å²) in [6.45, 7) is 4.43. The number of methoxy groups -OCH3 is 2. The van der Waals surface area contributed by atoms with Gasteiger partial charge in [0.15, 0.2) is 35.7 Å². The number of hydrogen-bond donors (Lipinski definition) is 0. The molecule has 0 atom stereocenters. The van der Waals surface area contributed by atoms with Crippen LogP contribution in [0.4, 0.5) is 0 Å². The minimum atomic E-state index is 0. The summed E-state index contributed by atoms with van der Waals surface area (Å²) in [5, 5.41) is 2.37. The quantitative estimate of drug-likeness (QED) is 0.309. The minimum absolute atomic E-state index is 0. The van der Waals surface area contributed by atoms with Gasteiger partial charge < -0.3 is 31.4 Å². The number of aryl methyl sites for hydroxylation is 3. The van der Waals surface area contributed by atoms with Gasteiger partial charge in [-0.25, -0.2) is 0 Å². The molecular weight excluding hydrogens is 474 g/mol. The number of halogens is 1. The fraction of sp³-hybridized carbons (Fsp3) is 0.500. The Hall–Kier alpha value is -2.66. The second-order valence-corrected chi connectivity index (χ2v) is 9.69. The third kappa shape index (κ3) is 5.08. The topological polar surface area (TPSA) is 40.8 Å².